The molecule has 0 fully saturated rings. The van der Waals surface area contributed by atoms with Crippen molar-refractivity contribution in [1.82, 2.24) is 4.98 Å². The van der Waals surface area contributed by atoms with Gasteiger partial charge in [-0.3, -0.25) is 0 Å². The average molecular weight is 249 g/mol. The lowest BCUT2D eigenvalue weighted by Gasteiger charge is -1.99. The second-order valence-electron chi connectivity index (χ2n) is 3.39. The van der Waals surface area contributed by atoms with Crippen molar-refractivity contribution in [2.24, 2.45) is 0 Å². The molecule has 0 unspecified atom stereocenters. The third-order valence-corrected chi connectivity index (χ3v) is 3.64. The minimum absolute atomic E-state index is 0.265. The Labute approximate surface area is 103 Å². The van der Waals surface area contributed by atoms with Crippen molar-refractivity contribution in [3.8, 4) is 16.6 Å². The number of thiazole rings is 1. The van der Waals surface area contributed by atoms with Gasteiger partial charge in [0.15, 0.2) is 0 Å². The molecule has 4 heteroatoms. The summed E-state index contributed by atoms with van der Waals surface area (Å²) in [4.78, 5) is 4.39. The summed E-state index contributed by atoms with van der Waals surface area (Å²) in [5.41, 5.74) is 2.92. The molecule has 0 spiro atoms. The maximum absolute atomic E-state index is 8.63. The molecule has 80 valence electrons. The lowest BCUT2D eigenvalue weighted by atomic mass is 10.1. The zero-order valence-corrected chi connectivity index (χ0v) is 10.3. The molecule has 0 atom stereocenters. The molecular weight excluding hydrogens is 240 g/mol. The molecule has 2 aromatic rings. The van der Waals surface area contributed by atoms with Crippen LogP contribution >= 0.6 is 22.9 Å². The molecule has 0 saturated heterocycles. The summed E-state index contributed by atoms with van der Waals surface area (Å²) >= 11 is 7.46. The molecule has 1 heterocycles. The van der Waals surface area contributed by atoms with Crippen LogP contribution in [-0.4, -0.2) is 4.98 Å². The van der Waals surface area contributed by atoms with E-state index in [-0.39, 0.29) is 6.42 Å². The predicted molar refractivity (Wildman–Crippen MR) is 66.6 cm³/mol. The van der Waals surface area contributed by atoms with Crippen molar-refractivity contribution >= 4 is 22.9 Å². The normalized spacial score (nSPS) is 10.1. The maximum atomic E-state index is 8.63. The van der Waals surface area contributed by atoms with E-state index in [1.165, 1.54) is 11.3 Å². The van der Waals surface area contributed by atoms with Gasteiger partial charge in [-0.15, -0.1) is 11.3 Å². The van der Waals surface area contributed by atoms with Gasteiger partial charge in [-0.1, -0.05) is 35.9 Å². The van der Waals surface area contributed by atoms with Crippen LogP contribution in [0.4, 0.5) is 0 Å². The van der Waals surface area contributed by atoms with Crippen LogP contribution in [0.15, 0.2) is 24.3 Å². The zero-order chi connectivity index (χ0) is 11.5. The Morgan fingerprint density at radius 3 is 2.88 bits per heavy atom. The van der Waals surface area contributed by atoms with Gasteiger partial charge < -0.3 is 0 Å². The Morgan fingerprint density at radius 2 is 2.19 bits per heavy atom. The first-order chi connectivity index (χ1) is 7.72. The molecule has 0 aliphatic heterocycles. The van der Waals surface area contributed by atoms with Crippen LogP contribution in [0.25, 0.3) is 10.6 Å². The van der Waals surface area contributed by atoms with Crippen molar-refractivity contribution in [3.05, 3.63) is 39.9 Å². The van der Waals surface area contributed by atoms with Crippen molar-refractivity contribution in [2.45, 2.75) is 13.3 Å². The number of nitriles is 1. The molecular formula is C12H9ClN2S. The molecule has 0 amide bonds. The van der Waals surface area contributed by atoms with Crippen LogP contribution in [0.2, 0.25) is 4.34 Å². The van der Waals surface area contributed by atoms with Crippen molar-refractivity contribution in [1.29, 1.82) is 5.26 Å². The monoisotopic (exact) mass is 248 g/mol. The van der Waals surface area contributed by atoms with E-state index in [9.17, 15) is 0 Å². The van der Waals surface area contributed by atoms with Gasteiger partial charge in [-0.05, 0) is 12.5 Å². The van der Waals surface area contributed by atoms with Crippen LogP contribution in [0.5, 0.6) is 0 Å². The average Bonchev–Trinajstić information content (AvgIpc) is 2.61. The van der Waals surface area contributed by atoms with Gasteiger partial charge in [0.25, 0.3) is 0 Å². The number of rotatable bonds is 2. The molecule has 1 aromatic heterocycles. The van der Waals surface area contributed by atoms with E-state index in [0.29, 0.717) is 10.0 Å². The van der Waals surface area contributed by atoms with Crippen LogP contribution < -0.4 is 0 Å². The maximum Gasteiger partial charge on any atom is 0.125 e. The smallest absolute Gasteiger partial charge is 0.125 e. The number of halogens is 1. The first-order valence-electron chi connectivity index (χ1n) is 4.80. The van der Waals surface area contributed by atoms with Gasteiger partial charge in [0.2, 0.25) is 0 Å². The third kappa shape index (κ3) is 2.08. The standard InChI is InChI=1S/C12H9ClN2S/c1-8-4-2-3-5-9(8)12-15-10(6-7-14)11(13)16-12/h2-5H,6H2,1H3. The first kappa shape index (κ1) is 11.1. The number of benzene rings is 1. The van der Waals surface area contributed by atoms with Gasteiger partial charge in [-0.2, -0.15) is 5.26 Å². The van der Waals surface area contributed by atoms with Gasteiger partial charge in [0.05, 0.1) is 18.2 Å². The summed E-state index contributed by atoms with van der Waals surface area (Å²) in [6.45, 7) is 2.04. The van der Waals surface area contributed by atoms with E-state index in [1.54, 1.807) is 0 Å². The molecule has 0 N–H and O–H groups in total. The minimum atomic E-state index is 0.265. The van der Waals surface area contributed by atoms with E-state index in [4.69, 9.17) is 16.9 Å². The van der Waals surface area contributed by atoms with Crippen molar-refractivity contribution < 1.29 is 0 Å². The zero-order valence-electron chi connectivity index (χ0n) is 8.70. The highest BCUT2D eigenvalue weighted by molar-refractivity contribution is 7.19. The van der Waals surface area contributed by atoms with Crippen molar-refractivity contribution in [2.75, 3.05) is 0 Å². The second kappa shape index (κ2) is 4.65. The summed E-state index contributed by atoms with van der Waals surface area (Å²) in [5.74, 6) is 0. The summed E-state index contributed by atoms with van der Waals surface area (Å²) < 4.78 is 0.611. The fourth-order valence-corrected chi connectivity index (χ4v) is 2.67. The van der Waals surface area contributed by atoms with E-state index < -0.39 is 0 Å². The highest BCUT2D eigenvalue weighted by Crippen LogP contribution is 2.33. The minimum Gasteiger partial charge on any atom is -0.238 e. The van der Waals surface area contributed by atoms with Gasteiger partial charge in [0.1, 0.15) is 9.34 Å². The van der Waals surface area contributed by atoms with Crippen LogP contribution in [-0.2, 0) is 6.42 Å². The highest BCUT2D eigenvalue weighted by atomic mass is 35.5. The van der Waals surface area contributed by atoms with E-state index >= 15 is 0 Å². The Balaban J connectivity index is 2.46. The summed E-state index contributed by atoms with van der Waals surface area (Å²) in [5, 5.41) is 9.52. The van der Waals surface area contributed by atoms with E-state index in [0.717, 1.165) is 16.1 Å². The Hall–Kier alpha value is -1.37. The summed E-state index contributed by atoms with van der Waals surface area (Å²) in [6, 6.07) is 10.1. The largest absolute Gasteiger partial charge is 0.238 e. The Bertz CT molecular complexity index is 554. The van der Waals surface area contributed by atoms with Crippen LogP contribution in [0.3, 0.4) is 0 Å². The lowest BCUT2D eigenvalue weighted by molar-refractivity contribution is 1.16. The third-order valence-electron chi connectivity index (χ3n) is 2.27. The van der Waals surface area contributed by atoms with Crippen LogP contribution in [0.1, 0.15) is 11.3 Å². The molecule has 2 nitrogen and oxygen atoms in total. The highest BCUT2D eigenvalue weighted by Gasteiger charge is 2.11. The lowest BCUT2D eigenvalue weighted by Crippen LogP contribution is -1.84. The fourth-order valence-electron chi connectivity index (χ4n) is 1.45. The first-order valence-corrected chi connectivity index (χ1v) is 6.00. The molecule has 0 radical (unpaired) electrons. The van der Waals surface area contributed by atoms with Crippen molar-refractivity contribution in [3.63, 3.8) is 0 Å². The number of hydrogen-bond acceptors (Lipinski definition) is 3. The van der Waals surface area contributed by atoms with Gasteiger partial charge in [0, 0.05) is 5.56 Å². The molecule has 1 aromatic carbocycles. The molecule has 0 saturated carbocycles. The fraction of sp³-hybridized carbons (Fsp3) is 0.167. The number of nitrogens with zero attached hydrogens (tertiary/aromatic N) is 2. The second-order valence-corrected chi connectivity index (χ2v) is 4.99. The molecule has 2 rings (SSSR count). The van der Waals surface area contributed by atoms with E-state index in [1.807, 2.05) is 31.2 Å². The van der Waals surface area contributed by atoms with E-state index in [2.05, 4.69) is 11.1 Å². The quantitative estimate of drug-likeness (QED) is 0.810. The number of hydrogen-bond donors (Lipinski definition) is 0. The topological polar surface area (TPSA) is 36.7 Å². The molecule has 0 aliphatic carbocycles. The predicted octanol–water partition coefficient (Wildman–Crippen LogP) is 3.84. The molecule has 16 heavy (non-hydrogen) atoms. The molecule has 0 bridgehead atoms. The SMILES string of the molecule is Cc1ccccc1-c1nc(CC#N)c(Cl)s1. The van der Waals surface area contributed by atoms with Gasteiger partial charge >= 0.3 is 0 Å². The number of aryl methyl sites for hydroxylation is 1. The van der Waals surface area contributed by atoms with Gasteiger partial charge in [-0.25, -0.2) is 4.98 Å². The summed E-state index contributed by atoms with van der Waals surface area (Å²) in [6.07, 6.45) is 0.265. The molecule has 0 aliphatic rings. The Kier molecular flexibility index (Phi) is 3.23. The summed E-state index contributed by atoms with van der Waals surface area (Å²) in [7, 11) is 0. The van der Waals surface area contributed by atoms with Crippen LogP contribution in [0, 0.1) is 18.3 Å². The Morgan fingerprint density at radius 1 is 1.44 bits per heavy atom. The number of aromatic nitrogens is 1.